The van der Waals surface area contributed by atoms with Crippen molar-refractivity contribution in [1.29, 1.82) is 0 Å². The monoisotopic (exact) mass is 449 g/mol. The van der Waals surface area contributed by atoms with Crippen LogP contribution in [0.1, 0.15) is 35.4 Å². The van der Waals surface area contributed by atoms with E-state index >= 15 is 0 Å². The molecular formula is C26H28FN3O3. The molecule has 3 aromatic rings. The smallest absolute Gasteiger partial charge is 0.253 e. The average Bonchev–Trinajstić information content (AvgIpc) is 3.33. The Hall–Kier alpha value is -3.48. The number of carbonyl (C=O) groups is 2. The summed E-state index contributed by atoms with van der Waals surface area (Å²) >= 11 is 0. The Balaban J connectivity index is 1.27. The lowest BCUT2D eigenvalue weighted by molar-refractivity contribution is -0.135. The van der Waals surface area contributed by atoms with Crippen LogP contribution in [0.3, 0.4) is 0 Å². The van der Waals surface area contributed by atoms with E-state index in [1.807, 2.05) is 36.4 Å². The van der Waals surface area contributed by atoms with Crippen molar-refractivity contribution >= 4 is 11.8 Å². The molecule has 1 aromatic heterocycles. The number of aryl methyl sites for hydroxylation is 1. The van der Waals surface area contributed by atoms with Gasteiger partial charge in [-0.15, -0.1) is 0 Å². The van der Waals surface area contributed by atoms with Gasteiger partial charge in [-0.05, 0) is 43.5 Å². The van der Waals surface area contributed by atoms with Gasteiger partial charge in [0.25, 0.3) is 5.91 Å². The van der Waals surface area contributed by atoms with Gasteiger partial charge in [-0.2, -0.15) is 0 Å². The molecule has 0 aliphatic carbocycles. The number of hydrogen-bond donors (Lipinski definition) is 0. The number of hydrogen-bond acceptors (Lipinski definition) is 4. The van der Waals surface area contributed by atoms with Crippen molar-refractivity contribution in [1.82, 2.24) is 15.0 Å². The summed E-state index contributed by atoms with van der Waals surface area (Å²) in [6.07, 6.45) is 2.99. The molecule has 1 atom stereocenters. The summed E-state index contributed by atoms with van der Waals surface area (Å²) in [7, 11) is 1.80. The second-order valence-electron chi connectivity index (χ2n) is 8.51. The summed E-state index contributed by atoms with van der Waals surface area (Å²) in [5.74, 6) is 0.0943. The molecule has 7 heteroatoms. The van der Waals surface area contributed by atoms with E-state index in [-0.39, 0.29) is 23.5 Å². The van der Waals surface area contributed by atoms with Gasteiger partial charge in [0.2, 0.25) is 5.91 Å². The Morgan fingerprint density at radius 1 is 1.15 bits per heavy atom. The van der Waals surface area contributed by atoms with Crippen molar-refractivity contribution in [2.24, 2.45) is 5.92 Å². The van der Waals surface area contributed by atoms with E-state index in [1.54, 1.807) is 16.8 Å². The van der Waals surface area contributed by atoms with E-state index in [1.165, 1.54) is 24.3 Å². The minimum absolute atomic E-state index is 0.0501. The molecule has 0 N–H and O–H groups in total. The minimum atomic E-state index is -0.374. The predicted molar refractivity (Wildman–Crippen MR) is 123 cm³/mol. The van der Waals surface area contributed by atoms with Gasteiger partial charge in [0.1, 0.15) is 17.3 Å². The van der Waals surface area contributed by atoms with Crippen molar-refractivity contribution in [2.45, 2.75) is 25.7 Å². The first-order chi connectivity index (χ1) is 16.0. The Morgan fingerprint density at radius 2 is 1.91 bits per heavy atom. The average molecular weight is 450 g/mol. The zero-order valence-electron chi connectivity index (χ0n) is 18.7. The molecule has 1 saturated heterocycles. The van der Waals surface area contributed by atoms with Crippen LogP contribution in [0.5, 0.6) is 0 Å². The first-order valence-electron chi connectivity index (χ1n) is 11.3. The van der Waals surface area contributed by atoms with Crippen molar-refractivity contribution < 1.29 is 18.5 Å². The number of amides is 2. The molecule has 0 radical (unpaired) electrons. The topological polar surface area (TPSA) is 66.7 Å². The summed E-state index contributed by atoms with van der Waals surface area (Å²) in [6.45, 7) is 1.60. The summed E-state index contributed by atoms with van der Waals surface area (Å²) in [6, 6.07) is 17.3. The molecule has 2 amide bonds. The van der Waals surface area contributed by atoms with Gasteiger partial charge in [0.05, 0.1) is 5.92 Å². The van der Waals surface area contributed by atoms with E-state index in [9.17, 15) is 14.0 Å². The molecule has 2 aromatic carbocycles. The number of nitrogens with zero attached hydrogens (tertiary/aromatic N) is 3. The maximum atomic E-state index is 13.2. The molecule has 1 unspecified atom stereocenters. The molecule has 6 nitrogen and oxygen atoms in total. The second-order valence-corrected chi connectivity index (χ2v) is 8.51. The van der Waals surface area contributed by atoms with Crippen molar-refractivity contribution in [3.05, 3.63) is 77.8 Å². The maximum absolute atomic E-state index is 13.2. The number of rotatable bonds is 7. The Bertz CT molecular complexity index is 1080. The molecule has 4 rings (SSSR count). The summed E-state index contributed by atoms with van der Waals surface area (Å²) in [4.78, 5) is 29.2. The Kier molecular flexibility index (Phi) is 7.17. The van der Waals surface area contributed by atoms with Crippen LogP contribution in [-0.2, 0) is 11.2 Å². The van der Waals surface area contributed by atoms with E-state index in [2.05, 4.69) is 5.16 Å². The van der Waals surface area contributed by atoms with E-state index in [0.717, 1.165) is 36.3 Å². The fourth-order valence-electron chi connectivity index (χ4n) is 4.23. The van der Waals surface area contributed by atoms with Gasteiger partial charge in [-0.3, -0.25) is 9.59 Å². The first kappa shape index (κ1) is 22.7. The highest BCUT2D eigenvalue weighted by atomic mass is 19.1. The van der Waals surface area contributed by atoms with Gasteiger partial charge in [0.15, 0.2) is 0 Å². The fraction of sp³-hybridized carbons (Fsp3) is 0.346. The number of halogens is 1. The molecule has 2 heterocycles. The molecular weight excluding hydrogens is 421 g/mol. The Morgan fingerprint density at radius 3 is 2.67 bits per heavy atom. The molecule has 1 aliphatic rings. The maximum Gasteiger partial charge on any atom is 0.253 e. The quantitative estimate of drug-likeness (QED) is 0.535. The zero-order chi connectivity index (χ0) is 23.2. The molecule has 33 heavy (non-hydrogen) atoms. The zero-order valence-corrected chi connectivity index (χ0v) is 18.7. The highest BCUT2D eigenvalue weighted by molar-refractivity contribution is 5.94. The Labute approximate surface area is 193 Å². The van der Waals surface area contributed by atoms with Crippen molar-refractivity contribution in [2.75, 3.05) is 26.7 Å². The van der Waals surface area contributed by atoms with E-state index < -0.39 is 0 Å². The molecule has 0 bridgehead atoms. The number of aromatic nitrogens is 1. The molecule has 1 aliphatic heterocycles. The van der Waals surface area contributed by atoms with Gasteiger partial charge in [-0.1, -0.05) is 35.5 Å². The summed E-state index contributed by atoms with van der Waals surface area (Å²) in [5.41, 5.74) is 2.26. The minimum Gasteiger partial charge on any atom is -0.361 e. The standard InChI is InChI=1S/C26H28FN3O3/c1-29(15-6-10-23-17-24(28-33-23)19-7-3-2-4-8-19)25(31)21-9-5-16-30(18-21)26(32)20-11-13-22(27)14-12-20/h2-4,7-8,11-14,17,21H,5-6,9-10,15-16,18H2,1H3. The number of benzene rings is 2. The molecule has 172 valence electrons. The third kappa shape index (κ3) is 5.66. The number of likely N-dealkylation sites (tertiary alicyclic amines) is 1. The summed E-state index contributed by atoms with van der Waals surface area (Å²) in [5, 5.41) is 4.13. The number of piperidine rings is 1. The summed E-state index contributed by atoms with van der Waals surface area (Å²) < 4.78 is 18.6. The SMILES string of the molecule is CN(CCCc1cc(-c2ccccc2)no1)C(=O)C1CCCN(C(=O)c2ccc(F)cc2)C1. The van der Waals surface area contributed by atoms with Gasteiger partial charge in [-0.25, -0.2) is 4.39 Å². The van der Waals surface area contributed by atoms with Gasteiger partial charge < -0.3 is 14.3 Å². The highest BCUT2D eigenvalue weighted by Gasteiger charge is 2.30. The van der Waals surface area contributed by atoms with Gasteiger partial charge in [0, 0.05) is 50.3 Å². The third-order valence-electron chi connectivity index (χ3n) is 6.07. The fourth-order valence-corrected chi connectivity index (χ4v) is 4.23. The van der Waals surface area contributed by atoms with Crippen LogP contribution in [0.2, 0.25) is 0 Å². The van der Waals surface area contributed by atoms with Crippen LogP contribution in [0, 0.1) is 11.7 Å². The molecule has 1 fully saturated rings. The largest absolute Gasteiger partial charge is 0.361 e. The second kappa shape index (κ2) is 10.4. The van der Waals surface area contributed by atoms with Crippen LogP contribution in [0.15, 0.2) is 65.2 Å². The normalized spacial score (nSPS) is 15.9. The van der Waals surface area contributed by atoms with E-state index in [0.29, 0.717) is 31.6 Å². The molecule has 0 spiro atoms. The highest BCUT2D eigenvalue weighted by Crippen LogP contribution is 2.22. The van der Waals surface area contributed by atoms with Crippen LogP contribution in [0.4, 0.5) is 4.39 Å². The van der Waals surface area contributed by atoms with Gasteiger partial charge >= 0.3 is 0 Å². The lowest BCUT2D eigenvalue weighted by Gasteiger charge is -2.34. The van der Waals surface area contributed by atoms with E-state index in [4.69, 9.17) is 4.52 Å². The predicted octanol–water partition coefficient (Wildman–Crippen LogP) is 4.42. The van der Waals surface area contributed by atoms with Crippen molar-refractivity contribution in [3.8, 4) is 11.3 Å². The van der Waals surface area contributed by atoms with Crippen molar-refractivity contribution in [3.63, 3.8) is 0 Å². The lowest BCUT2D eigenvalue weighted by atomic mass is 9.96. The van der Waals surface area contributed by atoms with Crippen LogP contribution in [0.25, 0.3) is 11.3 Å². The van der Waals surface area contributed by atoms with Crippen LogP contribution >= 0.6 is 0 Å². The molecule has 0 saturated carbocycles. The number of carbonyl (C=O) groups excluding carboxylic acids is 2. The third-order valence-corrected chi connectivity index (χ3v) is 6.07. The first-order valence-corrected chi connectivity index (χ1v) is 11.3. The van der Waals surface area contributed by atoms with Crippen LogP contribution in [-0.4, -0.2) is 53.5 Å². The lowest BCUT2D eigenvalue weighted by Crippen LogP contribution is -2.46. The van der Waals surface area contributed by atoms with Crippen LogP contribution < -0.4 is 0 Å².